The maximum absolute atomic E-state index is 6.18. The number of hydrogen-bond donors (Lipinski definition) is 1. The van der Waals surface area contributed by atoms with E-state index in [4.69, 9.17) is 10.5 Å². The molecule has 0 aromatic rings. The largest absolute Gasteiger partial charge is 0.371 e. The van der Waals surface area contributed by atoms with Gasteiger partial charge in [0, 0.05) is 6.54 Å². The molecule has 0 aromatic carbocycles. The molecule has 1 fully saturated rings. The van der Waals surface area contributed by atoms with Crippen LogP contribution >= 0.6 is 0 Å². The Balaban J connectivity index is 2.51. The lowest BCUT2D eigenvalue weighted by atomic mass is 9.74. The minimum absolute atomic E-state index is 0.0131. The van der Waals surface area contributed by atoms with Gasteiger partial charge in [0.05, 0.1) is 11.7 Å². The van der Waals surface area contributed by atoms with E-state index in [1.807, 2.05) is 0 Å². The van der Waals surface area contributed by atoms with E-state index in [2.05, 4.69) is 27.7 Å². The van der Waals surface area contributed by atoms with E-state index in [0.29, 0.717) is 12.6 Å². The highest BCUT2D eigenvalue weighted by Crippen LogP contribution is 2.38. The fourth-order valence-electron chi connectivity index (χ4n) is 2.71. The standard InChI is InChI=1S/C14H29NO/c1-5-12(4)16-14(10-15)8-6-13(7-9-14)11(2)3/h11-13H,5-10,15H2,1-4H3. The minimum Gasteiger partial charge on any atom is -0.371 e. The van der Waals surface area contributed by atoms with Crippen molar-refractivity contribution < 1.29 is 4.74 Å². The lowest BCUT2D eigenvalue weighted by Crippen LogP contribution is -2.46. The van der Waals surface area contributed by atoms with Crippen LogP contribution in [0.1, 0.15) is 59.8 Å². The first kappa shape index (κ1) is 14.0. The Morgan fingerprint density at radius 3 is 2.19 bits per heavy atom. The molecule has 1 atom stereocenters. The molecular weight excluding hydrogens is 198 g/mol. The summed E-state index contributed by atoms with van der Waals surface area (Å²) in [5, 5.41) is 0. The topological polar surface area (TPSA) is 35.2 Å². The van der Waals surface area contributed by atoms with E-state index in [1.54, 1.807) is 0 Å². The van der Waals surface area contributed by atoms with Crippen molar-refractivity contribution in [2.45, 2.75) is 71.5 Å². The van der Waals surface area contributed by atoms with Crippen molar-refractivity contribution in [1.82, 2.24) is 0 Å². The molecule has 0 aliphatic heterocycles. The second-order valence-electron chi connectivity index (χ2n) is 5.81. The minimum atomic E-state index is -0.0131. The van der Waals surface area contributed by atoms with Gasteiger partial charge in [-0.2, -0.15) is 0 Å². The zero-order valence-electron chi connectivity index (χ0n) is 11.5. The van der Waals surface area contributed by atoms with Crippen molar-refractivity contribution in [3.63, 3.8) is 0 Å². The number of rotatable bonds is 5. The van der Waals surface area contributed by atoms with Crippen LogP contribution in [0.4, 0.5) is 0 Å². The number of nitrogens with two attached hydrogens (primary N) is 1. The van der Waals surface area contributed by atoms with Crippen molar-refractivity contribution in [3.05, 3.63) is 0 Å². The van der Waals surface area contributed by atoms with Crippen LogP contribution in [-0.2, 0) is 4.74 Å². The molecule has 0 heterocycles. The molecule has 96 valence electrons. The van der Waals surface area contributed by atoms with Gasteiger partial charge in [0.25, 0.3) is 0 Å². The average Bonchev–Trinajstić information content (AvgIpc) is 2.29. The van der Waals surface area contributed by atoms with E-state index in [9.17, 15) is 0 Å². The normalized spacial score (nSPS) is 33.0. The van der Waals surface area contributed by atoms with E-state index in [1.165, 1.54) is 12.8 Å². The van der Waals surface area contributed by atoms with E-state index < -0.39 is 0 Å². The van der Waals surface area contributed by atoms with Gasteiger partial charge in [-0.05, 0) is 50.9 Å². The van der Waals surface area contributed by atoms with Gasteiger partial charge in [0.2, 0.25) is 0 Å². The van der Waals surface area contributed by atoms with Gasteiger partial charge >= 0.3 is 0 Å². The molecule has 2 N–H and O–H groups in total. The number of hydrogen-bond acceptors (Lipinski definition) is 2. The van der Waals surface area contributed by atoms with Gasteiger partial charge in [-0.15, -0.1) is 0 Å². The van der Waals surface area contributed by atoms with Gasteiger partial charge in [0.1, 0.15) is 0 Å². The van der Waals surface area contributed by atoms with E-state index >= 15 is 0 Å². The van der Waals surface area contributed by atoms with Crippen molar-refractivity contribution in [3.8, 4) is 0 Å². The Morgan fingerprint density at radius 1 is 1.25 bits per heavy atom. The van der Waals surface area contributed by atoms with Crippen LogP contribution in [0.15, 0.2) is 0 Å². The first-order chi connectivity index (χ1) is 7.53. The van der Waals surface area contributed by atoms with Crippen molar-refractivity contribution >= 4 is 0 Å². The molecule has 1 saturated carbocycles. The van der Waals surface area contributed by atoms with Gasteiger partial charge < -0.3 is 10.5 Å². The number of ether oxygens (including phenoxy) is 1. The Kier molecular flexibility index (Phi) is 5.26. The molecule has 1 rings (SSSR count). The van der Waals surface area contributed by atoms with Crippen LogP contribution in [0.2, 0.25) is 0 Å². The van der Waals surface area contributed by atoms with Crippen molar-refractivity contribution in [2.75, 3.05) is 6.54 Å². The first-order valence-corrected chi connectivity index (χ1v) is 6.91. The maximum atomic E-state index is 6.18. The summed E-state index contributed by atoms with van der Waals surface area (Å²) >= 11 is 0. The molecule has 0 amide bonds. The van der Waals surface area contributed by atoms with E-state index in [0.717, 1.165) is 31.1 Å². The van der Waals surface area contributed by atoms with Crippen LogP contribution in [0.25, 0.3) is 0 Å². The summed E-state index contributed by atoms with van der Waals surface area (Å²) in [6, 6.07) is 0. The molecule has 2 nitrogen and oxygen atoms in total. The molecule has 1 aliphatic rings. The summed E-state index contributed by atoms with van der Waals surface area (Å²) in [7, 11) is 0. The van der Waals surface area contributed by atoms with Crippen LogP contribution < -0.4 is 5.73 Å². The smallest absolute Gasteiger partial charge is 0.0807 e. The lowest BCUT2D eigenvalue weighted by Gasteiger charge is -2.42. The van der Waals surface area contributed by atoms with Crippen LogP contribution in [0, 0.1) is 11.8 Å². The summed E-state index contributed by atoms with van der Waals surface area (Å²) in [6.07, 6.45) is 6.29. The molecule has 0 spiro atoms. The maximum Gasteiger partial charge on any atom is 0.0807 e. The Hall–Kier alpha value is -0.0800. The molecule has 1 unspecified atom stereocenters. The predicted molar refractivity (Wildman–Crippen MR) is 69.4 cm³/mol. The second kappa shape index (κ2) is 6.02. The molecule has 0 aromatic heterocycles. The van der Waals surface area contributed by atoms with E-state index in [-0.39, 0.29) is 5.60 Å². The monoisotopic (exact) mass is 227 g/mol. The highest BCUT2D eigenvalue weighted by atomic mass is 16.5. The van der Waals surface area contributed by atoms with Crippen LogP contribution in [0.5, 0.6) is 0 Å². The van der Waals surface area contributed by atoms with Gasteiger partial charge in [-0.3, -0.25) is 0 Å². The Morgan fingerprint density at radius 2 is 1.81 bits per heavy atom. The SMILES string of the molecule is CCC(C)OC1(CN)CCC(C(C)C)CC1. The van der Waals surface area contributed by atoms with Crippen LogP contribution in [0.3, 0.4) is 0 Å². The van der Waals surface area contributed by atoms with Crippen molar-refractivity contribution in [1.29, 1.82) is 0 Å². The molecule has 0 radical (unpaired) electrons. The highest BCUT2D eigenvalue weighted by molar-refractivity contribution is 4.89. The molecule has 1 aliphatic carbocycles. The molecule has 2 heteroatoms. The van der Waals surface area contributed by atoms with Crippen molar-refractivity contribution in [2.24, 2.45) is 17.6 Å². The lowest BCUT2D eigenvalue weighted by molar-refractivity contribution is -0.110. The third-order valence-electron chi connectivity index (χ3n) is 4.28. The van der Waals surface area contributed by atoms with Gasteiger partial charge in [-0.25, -0.2) is 0 Å². The third kappa shape index (κ3) is 3.46. The fraction of sp³-hybridized carbons (Fsp3) is 1.00. The van der Waals surface area contributed by atoms with Gasteiger partial charge in [0.15, 0.2) is 0 Å². The summed E-state index contributed by atoms with van der Waals surface area (Å²) in [6.45, 7) is 9.67. The third-order valence-corrected chi connectivity index (χ3v) is 4.28. The first-order valence-electron chi connectivity index (χ1n) is 6.91. The average molecular weight is 227 g/mol. The molecular formula is C14H29NO. The summed E-state index contributed by atoms with van der Waals surface area (Å²) in [4.78, 5) is 0. The fourth-order valence-corrected chi connectivity index (χ4v) is 2.71. The zero-order valence-corrected chi connectivity index (χ0v) is 11.5. The Labute approximate surface area is 101 Å². The quantitative estimate of drug-likeness (QED) is 0.781. The highest BCUT2D eigenvalue weighted by Gasteiger charge is 2.36. The molecule has 16 heavy (non-hydrogen) atoms. The zero-order chi connectivity index (χ0) is 12.2. The second-order valence-corrected chi connectivity index (χ2v) is 5.81. The van der Waals surface area contributed by atoms with Crippen LogP contribution in [-0.4, -0.2) is 18.2 Å². The summed E-state index contributed by atoms with van der Waals surface area (Å²) < 4.78 is 6.18. The summed E-state index contributed by atoms with van der Waals surface area (Å²) in [5.74, 6) is 1.68. The van der Waals surface area contributed by atoms with Gasteiger partial charge in [-0.1, -0.05) is 20.8 Å². The Bertz CT molecular complexity index is 195. The molecule has 0 bridgehead atoms. The molecule has 0 saturated heterocycles. The summed E-state index contributed by atoms with van der Waals surface area (Å²) in [5.41, 5.74) is 5.92. The predicted octanol–water partition coefficient (Wildman–Crippen LogP) is 3.35.